The number of hydrogen-bond acceptors (Lipinski definition) is 8. The zero-order valence-corrected chi connectivity index (χ0v) is 20.1. The normalized spacial score (nSPS) is 15.7. The first-order chi connectivity index (χ1) is 13.3. The van der Waals surface area contributed by atoms with Crippen LogP contribution < -0.4 is 20.1 Å². The molecule has 0 saturated carbocycles. The summed E-state index contributed by atoms with van der Waals surface area (Å²) in [5.74, 6) is 1.44. The molecule has 0 aliphatic carbocycles. The predicted molar refractivity (Wildman–Crippen MR) is 131 cm³/mol. The summed E-state index contributed by atoms with van der Waals surface area (Å²) in [6, 6.07) is 14.3. The van der Waals surface area contributed by atoms with E-state index in [2.05, 4.69) is 34.8 Å². The van der Waals surface area contributed by atoms with Crippen LogP contribution in [0.4, 0.5) is 0 Å². The van der Waals surface area contributed by atoms with Crippen LogP contribution in [0, 0.1) is 0 Å². The summed E-state index contributed by atoms with van der Waals surface area (Å²) >= 11 is 19.6. The minimum Gasteiger partial charge on any atom is -0.497 e. The van der Waals surface area contributed by atoms with Gasteiger partial charge in [0.05, 0.1) is 26.6 Å². The van der Waals surface area contributed by atoms with E-state index in [0.717, 1.165) is 22.1 Å². The molecule has 2 aromatic carbocycles. The van der Waals surface area contributed by atoms with Gasteiger partial charge < -0.3 is 18.7 Å². The Morgan fingerprint density at radius 2 is 1.04 bits per heavy atom. The summed E-state index contributed by atoms with van der Waals surface area (Å²) in [4.78, 5) is 0. The van der Waals surface area contributed by atoms with E-state index in [1.807, 2.05) is 0 Å². The fourth-order valence-corrected chi connectivity index (χ4v) is 5.49. The SMILES string of the molecule is COc1ccc(P(=S)(S)O/N=C\C=N\OP(=S)(S)c2ccc(OC)cc2)cc1. The largest absolute Gasteiger partial charge is 0.497 e. The zero-order chi connectivity index (χ0) is 20.6. The first-order valence-electron chi connectivity index (χ1n) is 7.66. The Hall–Kier alpha value is -1.02. The Labute approximate surface area is 184 Å². The van der Waals surface area contributed by atoms with Gasteiger partial charge >= 0.3 is 0 Å². The van der Waals surface area contributed by atoms with Crippen molar-refractivity contribution in [3.8, 4) is 11.5 Å². The highest BCUT2D eigenvalue weighted by atomic mass is 32.9. The molecule has 0 aromatic heterocycles. The molecule has 0 bridgehead atoms. The maximum Gasteiger partial charge on any atom is 0.223 e. The monoisotopic (exact) mass is 492 g/mol. The molecule has 0 heterocycles. The van der Waals surface area contributed by atoms with Crippen molar-refractivity contribution in [3.63, 3.8) is 0 Å². The molecule has 2 rings (SSSR count). The van der Waals surface area contributed by atoms with E-state index >= 15 is 0 Å². The lowest BCUT2D eigenvalue weighted by molar-refractivity contribution is 0.392. The average Bonchev–Trinajstić information content (AvgIpc) is 2.70. The van der Waals surface area contributed by atoms with Gasteiger partial charge in [0, 0.05) is 10.6 Å². The Bertz CT molecular complexity index is 859. The molecule has 0 amide bonds. The van der Waals surface area contributed by atoms with Gasteiger partial charge in [0.15, 0.2) is 0 Å². The summed E-state index contributed by atoms with van der Waals surface area (Å²) in [6.45, 7) is 0. The van der Waals surface area contributed by atoms with Crippen molar-refractivity contribution in [3.05, 3.63) is 48.5 Å². The lowest BCUT2D eigenvalue weighted by atomic mass is 10.3. The predicted octanol–water partition coefficient (Wildman–Crippen LogP) is 4.14. The summed E-state index contributed by atoms with van der Waals surface area (Å²) in [5.41, 5.74) is -5.16. The molecule has 0 saturated heterocycles. The highest BCUT2D eigenvalue weighted by molar-refractivity contribution is 8.64. The zero-order valence-electron chi connectivity index (χ0n) is 14.9. The van der Waals surface area contributed by atoms with Gasteiger partial charge in [-0.15, -0.1) is 0 Å². The minimum atomic E-state index is -2.58. The number of benzene rings is 2. The summed E-state index contributed by atoms with van der Waals surface area (Å²) in [5, 5.41) is 9.10. The van der Waals surface area contributed by atoms with E-state index in [1.54, 1.807) is 62.8 Å². The fourth-order valence-electron chi connectivity index (χ4n) is 1.87. The van der Waals surface area contributed by atoms with E-state index in [9.17, 15) is 0 Å². The number of thiol groups is 2. The first-order valence-corrected chi connectivity index (χ1v) is 15.4. The maximum atomic E-state index is 5.40. The van der Waals surface area contributed by atoms with Gasteiger partial charge in [0.2, 0.25) is 10.9 Å². The van der Waals surface area contributed by atoms with Crippen LogP contribution in [0.2, 0.25) is 0 Å². The average molecular weight is 493 g/mol. The van der Waals surface area contributed by atoms with Gasteiger partial charge in [-0.1, -0.05) is 34.8 Å². The maximum absolute atomic E-state index is 5.40. The number of ether oxygens (including phenoxy) is 2. The molecular weight excluding hydrogens is 474 g/mol. The summed E-state index contributed by atoms with van der Waals surface area (Å²) in [7, 11) is 3.18. The van der Waals surface area contributed by atoms with Gasteiger partial charge in [-0.2, -0.15) is 0 Å². The molecule has 150 valence electrons. The van der Waals surface area contributed by atoms with E-state index in [4.69, 9.17) is 42.3 Å². The van der Waals surface area contributed by atoms with Gasteiger partial charge in [-0.25, -0.2) is 0 Å². The van der Waals surface area contributed by atoms with E-state index in [0.29, 0.717) is 0 Å². The fraction of sp³-hybridized carbons (Fsp3) is 0.125. The van der Waals surface area contributed by atoms with Crippen LogP contribution in [-0.2, 0) is 32.9 Å². The smallest absolute Gasteiger partial charge is 0.223 e. The van der Waals surface area contributed by atoms with Crippen molar-refractivity contribution >= 4 is 82.1 Å². The van der Waals surface area contributed by atoms with Crippen LogP contribution >= 0.6 is 35.4 Å². The number of hydrogen-bond donors (Lipinski definition) is 2. The molecular formula is C16H18N2O4P2S4. The third kappa shape index (κ3) is 6.79. The Morgan fingerprint density at radius 3 is 1.32 bits per heavy atom. The van der Waals surface area contributed by atoms with Crippen molar-refractivity contribution < 1.29 is 18.7 Å². The molecule has 0 spiro atoms. The van der Waals surface area contributed by atoms with Crippen molar-refractivity contribution in [1.82, 2.24) is 0 Å². The number of methoxy groups -OCH3 is 2. The van der Waals surface area contributed by atoms with Crippen LogP contribution in [0.15, 0.2) is 58.8 Å². The van der Waals surface area contributed by atoms with Gasteiger partial charge in [0.25, 0.3) is 0 Å². The Balaban J connectivity index is 1.91. The van der Waals surface area contributed by atoms with Crippen LogP contribution in [0.5, 0.6) is 11.5 Å². The molecule has 6 nitrogen and oxygen atoms in total. The number of nitrogens with zero attached hydrogens (tertiary/aromatic N) is 2. The third-order valence-corrected chi connectivity index (χ3v) is 9.32. The standard InChI is InChI=1S/C16H18N2O4P2S4/c1-19-13-3-7-15(8-4-13)23(25,26)21-17-11-12-18-22-24(27,28)16-9-5-14(20-2)6-10-16/h3-12H,1-2H3,(H,25,26)(H,27,28)/b17-11-,18-12+. The van der Waals surface area contributed by atoms with Gasteiger partial charge in [0.1, 0.15) is 11.5 Å². The van der Waals surface area contributed by atoms with E-state index in [-0.39, 0.29) is 0 Å². The molecule has 0 fully saturated rings. The summed E-state index contributed by atoms with van der Waals surface area (Å²) in [6.07, 6.45) is 2.61. The second kappa shape index (κ2) is 10.7. The molecule has 12 heteroatoms. The third-order valence-electron chi connectivity index (χ3n) is 3.30. The topological polar surface area (TPSA) is 61.6 Å². The summed E-state index contributed by atoms with van der Waals surface area (Å²) < 4.78 is 20.9. The lowest BCUT2D eigenvalue weighted by Crippen LogP contribution is -2.01. The molecule has 0 N–H and O–H groups in total. The van der Waals surface area contributed by atoms with Crippen LogP contribution in [0.1, 0.15) is 0 Å². The second-order valence-corrected chi connectivity index (χ2v) is 16.6. The first kappa shape index (κ1) is 23.3. The van der Waals surface area contributed by atoms with Crippen LogP contribution in [0.25, 0.3) is 0 Å². The number of rotatable bonds is 9. The molecule has 2 aromatic rings. The molecule has 0 radical (unpaired) electrons. The molecule has 0 aliphatic rings. The van der Waals surface area contributed by atoms with Crippen molar-refractivity contribution in [2.45, 2.75) is 0 Å². The van der Waals surface area contributed by atoms with Gasteiger partial charge in [-0.05, 0) is 72.1 Å². The van der Waals surface area contributed by atoms with Gasteiger partial charge in [-0.3, -0.25) is 0 Å². The molecule has 0 aliphatic heterocycles. The van der Waals surface area contributed by atoms with Crippen molar-refractivity contribution in [1.29, 1.82) is 0 Å². The highest BCUT2D eigenvalue weighted by Crippen LogP contribution is 2.52. The Morgan fingerprint density at radius 1 is 0.714 bits per heavy atom. The molecule has 28 heavy (non-hydrogen) atoms. The molecule has 2 unspecified atom stereocenters. The van der Waals surface area contributed by atoms with E-state index < -0.39 is 10.9 Å². The Kier molecular flexibility index (Phi) is 8.86. The highest BCUT2D eigenvalue weighted by Gasteiger charge is 2.17. The lowest BCUT2D eigenvalue weighted by Gasteiger charge is -2.13. The van der Waals surface area contributed by atoms with Crippen molar-refractivity contribution in [2.75, 3.05) is 14.2 Å². The van der Waals surface area contributed by atoms with Crippen LogP contribution in [0.3, 0.4) is 0 Å². The minimum absolute atomic E-state index is 0.721. The van der Waals surface area contributed by atoms with E-state index in [1.165, 1.54) is 12.4 Å². The molecule has 2 atom stereocenters. The second-order valence-electron chi connectivity index (χ2n) is 5.11. The number of oxime groups is 2. The quantitative estimate of drug-likeness (QED) is 0.238. The van der Waals surface area contributed by atoms with Crippen LogP contribution in [-0.4, -0.2) is 26.6 Å². The van der Waals surface area contributed by atoms with Crippen molar-refractivity contribution in [2.24, 2.45) is 10.3 Å².